The molecular formula is C17H15ClN2O4. The monoisotopic (exact) mass is 346 g/mol. The average molecular weight is 347 g/mol. The first-order valence-electron chi connectivity index (χ1n) is 7.31. The summed E-state index contributed by atoms with van der Waals surface area (Å²) >= 11 is 5.87. The molecule has 0 saturated carbocycles. The maximum absolute atomic E-state index is 11.9. The molecule has 24 heavy (non-hydrogen) atoms. The largest absolute Gasteiger partial charge is 0.454 e. The molecule has 2 N–H and O–H groups in total. The van der Waals surface area contributed by atoms with Crippen LogP contribution in [0.4, 0.5) is 5.69 Å². The Kier molecular flexibility index (Phi) is 4.86. The van der Waals surface area contributed by atoms with Crippen LogP contribution in [0.2, 0.25) is 5.02 Å². The first-order valence-corrected chi connectivity index (χ1v) is 7.68. The summed E-state index contributed by atoms with van der Waals surface area (Å²) in [5.41, 5.74) is 1.37. The number of ether oxygens (including phenoxy) is 2. The van der Waals surface area contributed by atoms with Gasteiger partial charge in [0, 0.05) is 16.8 Å². The number of carbonyl (C=O) groups is 2. The van der Waals surface area contributed by atoms with E-state index in [0.29, 0.717) is 22.2 Å². The van der Waals surface area contributed by atoms with Gasteiger partial charge < -0.3 is 20.1 Å². The highest BCUT2D eigenvalue weighted by molar-refractivity contribution is 6.30. The third kappa shape index (κ3) is 4.17. The second-order valence-corrected chi connectivity index (χ2v) is 5.64. The van der Waals surface area contributed by atoms with Gasteiger partial charge in [0.2, 0.25) is 18.6 Å². The second kappa shape index (κ2) is 7.23. The van der Waals surface area contributed by atoms with Crippen molar-refractivity contribution in [2.24, 2.45) is 0 Å². The number of amides is 2. The zero-order valence-corrected chi connectivity index (χ0v) is 13.4. The molecule has 0 unspecified atom stereocenters. The fourth-order valence-electron chi connectivity index (χ4n) is 2.25. The lowest BCUT2D eigenvalue weighted by Crippen LogP contribution is -2.33. The first-order chi connectivity index (χ1) is 11.6. The predicted octanol–water partition coefficient (Wildman–Crippen LogP) is 2.37. The van der Waals surface area contributed by atoms with Crippen molar-refractivity contribution in [3.8, 4) is 11.5 Å². The van der Waals surface area contributed by atoms with Crippen LogP contribution in [0.1, 0.15) is 5.56 Å². The van der Waals surface area contributed by atoms with Gasteiger partial charge in [-0.25, -0.2) is 0 Å². The molecule has 3 rings (SSSR count). The Morgan fingerprint density at radius 3 is 2.71 bits per heavy atom. The number of hydrogen-bond donors (Lipinski definition) is 2. The third-order valence-electron chi connectivity index (χ3n) is 3.36. The summed E-state index contributed by atoms with van der Waals surface area (Å²) < 4.78 is 10.4. The number of hydrogen-bond acceptors (Lipinski definition) is 4. The van der Waals surface area contributed by atoms with Gasteiger partial charge in [0.25, 0.3) is 0 Å². The van der Waals surface area contributed by atoms with Crippen molar-refractivity contribution in [1.29, 1.82) is 0 Å². The fraction of sp³-hybridized carbons (Fsp3) is 0.176. The Hall–Kier alpha value is -2.73. The van der Waals surface area contributed by atoms with Gasteiger partial charge in [-0.3, -0.25) is 9.59 Å². The molecule has 2 aromatic carbocycles. The molecule has 0 aromatic heterocycles. The predicted molar refractivity (Wildman–Crippen MR) is 89.4 cm³/mol. The van der Waals surface area contributed by atoms with Crippen molar-refractivity contribution in [1.82, 2.24) is 5.32 Å². The normalized spacial score (nSPS) is 11.9. The smallest absolute Gasteiger partial charge is 0.243 e. The summed E-state index contributed by atoms with van der Waals surface area (Å²) in [7, 11) is 0. The van der Waals surface area contributed by atoms with E-state index in [4.69, 9.17) is 21.1 Å². The number of anilines is 1. The van der Waals surface area contributed by atoms with Crippen LogP contribution in [0.25, 0.3) is 0 Å². The highest BCUT2D eigenvalue weighted by Gasteiger charge is 2.14. The number of nitrogens with one attached hydrogen (secondary N) is 2. The zero-order valence-electron chi connectivity index (χ0n) is 12.7. The molecule has 1 aliphatic rings. The van der Waals surface area contributed by atoms with Crippen LogP contribution in [0.15, 0.2) is 42.5 Å². The number of carbonyl (C=O) groups excluding carboxylic acids is 2. The van der Waals surface area contributed by atoms with E-state index >= 15 is 0 Å². The Balaban J connectivity index is 1.47. The summed E-state index contributed by atoms with van der Waals surface area (Å²) in [6.07, 6.45) is 0.165. The number of rotatable bonds is 5. The minimum absolute atomic E-state index is 0.117. The van der Waals surface area contributed by atoms with Crippen LogP contribution in [-0.4, -0.2) is 25.2 Å². The van der Waals surface area contributed by atoms with Crippen LogP contribution < -0.4 is 20.1 Å². The van der Waals surface area contributed by atoms with E-state index in [1.54, 1.807) is 42.5 Å². The van der Waals surface area contributed by atoms with Crippen LogP contribution in [0.3, 0.4) is 0 Å². The molecule has 7 heteroatoms. The van der Waals surface area contributed by atoms with Gasteiger partial charge >= 0.3 is 0 Å². The van der Waals surface area contributed by atoms with E-state index in [9.17, 15) is 9.59 Å². The van der Waals surface area contributed by atoms with Crippen LogP contribution in [0.5, 0.6) is 11.5 Å². The van der Waals surface area contributed by atoms with E-state index in [-0.39, 0.29) is 31.6 Å². The van der Waals surface area contributed by atoms with Crippen LogP contribution in [-0.2, 0) is 16.0 Å². The fourth-order valence-corrected chi connectivity index (χ4v) is 2.47. The molecule has 6 nitrogen and oxygen atoms in total. The second-order valence-electron chi connectivity index (χ2n) is 5.20. The van der Waals surface area contributed by atoms with Crippen molar-refractivity contribution in [3.05, 3.63) is 53.1 Å². The number of fused-ring (bicyclic) bond motifs is 1. The molecule has 124 valence electrons. The molecular weight excluding hydrogens is 332 g/mol. The van der Waals surface area contributed by atoms with Crippen molar-refractivity contribution in [2.45, 2.75) is 6.42 Å². The summed E-state index contributed by atoms with van der Waals surface area (Å²) in [6.45, 7) is 0.0557. The summed E-state index contributed by atoms with van der Waals surface area (Å²) in [6, 6.07) is 12.1. The maximum atomic E-state index is 11.9. The van der Waals surface area contributed by atoms with Gasteiger partial charge in [0.1, 0.15) is 0 Å². The standard InChI is InChI=1S/C17H15ClN2O4/c18-12-3-1-2-11(6-12)7-16(21)19-9-17(22)20-13-4-5-14-15(8-13)24-10-23-14/h1-6,8H,7,9-10H2,(H,19,21)(H,20,22). The molecule has 0 fully saturated rings. The van der Waals surface area contributed by atoms with E-state index < -0.39 is 0 Å². The molecule has 0 atom stereocenters. The minimum atomic E-state index is -0.326. The van der Waals surface area contributed by atoms with Crippen LogP contribution >= 0.6 is 11.6 Å². The van der Waals surface area contributed by atoms with Gasteiger partial charge in [-0.05, 0) is 29.8 Å². The zero-order chi connectivity index (χ0) is 16.9. The highest BCUT2D eigenvalue weighted by atomic mass is 35.5. The number of halogens is 1. The highest BCUT2D eigenvalue weighted by Crippen LogP contribution is 2.34. The molecule has 0 bridgehead atoms. The third-order valence-corrected chi connectivity index (χ3v) is 3.59. The van der Waals surface area contributed by atoms with Crippen molar-refractivity contribution >= 4 is 29.1 Å². The molecule has 1 heterocycles. The molecule has 0 saturated heterocycles. The van der Waals surface area contributed by atoms with Gasteiger partial charge in [-0.15, -0.1) is 0 Å². The molecule has 2 aromatic rings. The van der Waals surface area contributed by atoms with E-state index in [0.717, 1.165) is 5.56 Å². The van der Waals surface area contributed by atoms with E-state index in [1.165, 1.54) is 0 Å². The summed E-state index contributed by atoms with van der Waals surface area (Å²) in [5.74, 6) is 0.645. The van der Waals surface area contributed by atoms with Gasteiger partial charge in [0.05, 0.1) is 13.0 Å². The summed E-state index contributed by atoms with van der Waals surface area (Å²) in [4.78, 5) is 23.8. The Labute approximate surface area is 143 Å². The van der Waals surface area contributed by atoms with E-state index in [1.807, 2.05) is 0 Å². The molecule has 1 aliphatic heterocycles. The Morgan fingerprint density at radius 2 is 1.88 bits per heavy atom. The first kappa shape index (κ1) is 16.1. The van der Waals surface area contributed by atoms with Crippen molar-refractivity contribution in [2.75, 3.05) is 18.7 Å². The van der Waals surface area contributed by atoms with Crippen molar-refractivity contribution < 1.29 is 19.1 Å². The Morgan fingerprint density at radius 1 is 1.04 bits per heavy atom. The van der Waals surface area contributed by atoms with Gasteiger partial charge in [-0.2, -0.15) is 0 Å². The lowest BCUT2D eigenvalue weighted by molar-refractivity contribution is -0.123. The lowest BCUT2D eigenvalue weighted by atomic mass is 10.1. The molecule has 0 spiro atoms. The van der Waals surface area contributed by atoms with Crippen LogP contribution in [0, 0.1) is 0 Å². The maximum Gasteiger partial charge on any atom is 0.243 e. The quantitative estimate of drug-likeness (QED) is 0.871. The Bertz CT molecular complexity index is 779. The van der Waals surface area contributed by atoms with Gasteiger partial charge in [-0.1, -0.05) is 23.7 Å². The SMILES string of the molecule is O=C(Cc1cccc(Cl)c1)NCC(=O)Nc1ccc2c(c1)OCO2. The van der Waals surface area contributed by atoms with Gasteiger partial charge in [0.15, 0.2) is 11.5 Å². The van der Waals surface area contributed by atoms with Crippen molar-refractivity contribution in [3.63, 3.8) is 0 Å². The molecule has 0 aliphatic carbocycles. The molecule has 2 amide bonds. The minimum Gasteiger partial charge on any atom is -0.454 e. The topological polar surface area (TPSA) is 76.7 Å². The van der Waals surface area contributed by atoms with E-state index in [2.05, 4.69) is 10.6 Å². The summed E-state index contributed by atoms with van der Waals surface area (Å²) in [5, 5.41) is 5.83. The number of benzene rings is 2. The average Bonchev–Trinajstić information content (AvgIpc) is 3.00. The molecule has 0 radical (unpaired) electrons. The lowest BCUT2D eigenvalue weighted by Gasteiger charge is -2.08.